The summed E-state index contributed by atoms with van der Waals surface area (Å²) in [5.41, 5.74) is 1.51. The Labute approximate surface area is 95.1 Å². The summed E-state index contributed by atoms with van der Waals surface area (Å²) < 4.78 is 4.75. The second-order valence-electron chi connectivity index (χ2n) is 3.10. The zero-order valence-electron chi connectivity index (χ0n) is 9.19. The Balaban J connectivity index is 2.66. The van der Waals surface area contributed by atoms with E-state index in [-0.39, 0.29) is 19.0 Å². The molecule has 84 valence electrons. The van der Waals surface area contributed by atoms with Crippen molar-refractivity contribution < 1.29 is 14.6 Å². The van der Waals surface area contributed by atoms with E-state index in [4.69, 9.17) is 9.84 Å². The van der Waals surface area contributed by atoms with Gasteiger partial charge in [0.05, 0.1) is 13.2 Å². The number of carbonyl (C=O) groups is 1. The number of rotatable bonds is 3. The van der Waals surface area contributed by atoms with Crippen molar-refractivity contribution in [2.24, 2.45) is 0 Å². The number of esters is 1. The molecular formula is C13H14O3. The molecule has 0 radical (unpaired) electrons. The Bertz CT molecular complexity index is 413. The molecule has 1 aromatic rings. The number of aliphatic hydroxyl groups is 1. The first-order chi connectivity index (χ1) is 7.77. The van der Waals surface area contributed by atoms with E-state index in [1.807, 2.05) is 18.2 Å². The fourth-order valence-corrected chi connectivity index (χ4v) is 1.20. The largest absolute Gasteiger partial charge is 0.465 e. The molecule has 0 bridgehead atoms. The maximum Gasteiger partial charge on any atom is 0.317 e. The first-order valence-corrected chi connectivity index (χ1v) is 5.11. The zero-order chi connectivity index (χ0) is 11.8. The van der Waals surface area contributed by atoms with Crippen LogP contribution in [0.5, 0.6) is 0 Å². The Morgan fingerprint density at radius 2 is 2.19 bits per heavy atom. The quantitative estimate of drug-likeness (QED) is 0.617. The Kier molecular flexibility index (Phi) is 5.10. The second-order valence-corrected chi connectivity index (χ2v) is 3.10. The summed E-state index contributed by atoms with van der Waals surface area (Å²) >= 11 is 0. The van der Waals surface area contributed by atoms with Crippen LogP contribution in [0, 0.1) is 11.8 Å². The lowest BCUT2D eigenvalue weighted by Gasteiger charge is -1.98. The van der Waals surface area contributed by atoms with E-state index >= 15 is 0 Å². The van der Waals surface area contributed by atoms with Crippen LogP contribution in [-0.4, -0.2) is 17.7 Å². The van der Waals surface area contributed by atoms with Crippen LogP contribution in [0.2, 0.25) is 0 Å². The molecule has 3 nitrogen and oxygen atoms in total. The standard InChI is InChI=1S/C13H14O3/c1-2-16-13(15)9-5-8-11-6-3-4-7-12(11)10-14/h3-4,6-7,14H,2,9-10H2,1H3. The predicted octanol–water partition coefficient (Wildman–Crippen LogP) is 1.48. The highest BCUT2D eigenvalue weighted by atomic mass is 16.5. The summed E-state index contributed by atoms with van der Waals surface area (Å²) in [5.74, 6) is 5.25. The van der Waals surface area contributed by atoms with Gasteiger partial charge in [0.15, 0.2) is 0 Å². The van der Waals surface area contributed by atoms with Gasteiger partial charge in [0.1, 0.15) is 6.42 Å². The lowest BCUT2D eigenvalue weighted by molar-refractivity contribution is -0.141. The second kappa shape index (κ2) is 6.65. The minimum Gasteiger partial charge on any atom is -0.465 e. The van der Waals surface area contributed by atoms with Gasteiger partial charge in [0, 0.05) is 5.56 Å². The third-order valence-corrected chi connectivity index (χ3v) is 1.95. The molecule has 0 aliphatic carbocycles. The van der Waals surface area contributed by atoms with E-state index in [1.54, 1.807) is 13.0 Å². The third kappa shape index (κ3) is 3.76. The third-order valence-electron chi connectivity index (χ3n) is 1.95. The van der Waals surface area contributed by atoms with Crippen molar-refractivity contribution in [1.29, 1.82) is 0 Å². The summed E-state index contributed by atoms with van der Waals surface area (Å²) in [6, 6.07) is 7.29. The van der Waals surface area contributed by atoms with Gasteiger partial charge < -0.3 is 9.84 Å². The molecule has 0 fully saturated rings. The molecule has 0 atom stereocenters. The van der Waals surface area contributed by atoms with Crippen LogP contribution >= 0.6 is 0 Å². The fraction of sp³-hybridized carbons (Fsp3) is 0.308. The number of benzene rings is 1. The van der Waals surface area contributed by atoms with Crippen LogP contribution in [0.15, 0.2) is 24.3 Å². The molecule has 0 saturated heterocycles. The van der Waals surface area contributed by atoms with Gasteiger partial charge in [-0.05, 0) is 18.6 Å². The van der Waals surface area contributed by atoms with Crippen molar-refractivity contribution in [3.05, 3.63) is 35.4 Å². The van der Waals surface area contributed by atoms with Gasteiger partial charge in [-0.2, -0.15) is 0 Å². The Morgan fingerprint density at radius 3 is 2.88 bits per heavy atom. The average molecular weight is 218 g/mol. The summed E-state index contributed by atoms with van der Waals surface area (Å²) in [7, 11) is 0. The molecule has 1 aromatic carbocycles. The first kappa shape index (κ1) is 12.3. The molecule has 0 unspecified atom stereocenters. The summed E-state index contributed by atoms with van der Waals surface area (Å²) in [6.45, 7) is 2.07. The van der Waals surface area contributed by atoms with Crippen LogP contribution < -0.4 is 0 Å². The minimum atomic E-state index is -0.323. The number of hydrogen-bond donors (Lipinski definition) is 1. The lowest BCUT2D eigenvalue weighted by Crippen LogP contribution is -2.01. The Morgan fingerprint density at radius 1 is 1.44 bits per heavy atom. The van der Waals surface area contributed by atoms with Crippen LogP contribution in [0.1, 0.15) is 24.5 Å². The molecule has 0 aliphatic rings. The molecule has 1 N–H and O–H groups in total. The van der Waals surface area contributed by atoms with Crippen molar-refractivity contribution in [2.45, 2.75) is 20.0 Å². The summed E-state index contributed by atoms with van der Waals surface area (Å²) in [4.78, 5) is 11.0. The molecule has 0 heterocycles. The average Bonchev–Trinajstić information content (AvgIpc) is 2.30. The normalized spacial score (nSPS) is 9.12. The SMILES string of the molecule is CCOC(=O)CC#Cc1ccccc1CO. The zero-order valence-corrected chi connectivity index (χ0v) is 9.19. The van der Waals surface area contributed by atoms with E-state index in [0.29, 0.717) is 6.61 Å². The van der Waals surface area contributed by atoms with Crippen molar-refractivity contribution in [1.82, 2.24) is 0 Å². The fourth-order valence-electron chi connectivity index (χ4n) is 1.20. The van der Waals surface area contributed by atoms with Crippen molar-refractivity contribution in [3.8, 4) is 11.8 Å². The van der Waals surface area contributed by atoms with Gasteiger partial charge >= 0.3 is 5.97 Å². The van der Waals surface area contributed by atoms with E-state index in [0.717, 1.165) is 11.1 Å². The monoisotopic (exact) mass is 218 g/mol. The molecule has 0 amide bonds. The number of carbonyl (C=O) groups excluding carboxylic acids is 1. The minimum absolute atomic E-state index is 0.0513. The smallest absolute Gasteiger partial charge is 0.317 e. The van der Waals surface area contributed by atoms with E-state index < -0.39 is 0 Å². The van der Waals surface area contributed by atoms with Crippen molar-refractivity contribution >= 4 is 5.97 Å². The molecule has 1 rings (SSSR count). The first-order valence-electron chi connectivity index (χ1n) is 5.11. The molecule has 16 heavy (non-hydrogen) atoms. The van der Waals surface area contributed by atoms with Gasteiger partial charge in [-0.15, -0.1) is 0 Å². The Hall–Kier alpha value is -1.79. The van der Waals surface area contributed by atoms with Crippen LogP contribution in [-0.2, 0) is 16.1 Å². The number of hydrogen-bond acceptors (Lipinski definition) is 3. The number of ether oxygens (including phenoxy) is 1. The number of aliphatic hydroxyl groups excluding tert-OH is 1. The summed E-state index contributed by atoms with van der Waals surface area (Å²) in [6.07, 6.45) is 0.0770. The van der Waals surface area contributed by atoms with Crippen LogP contribution in [0.25, 0.3) is 0 Å². The van der Waals surface area contributed by atoms with E-state index in [9.17, 15) is 4.79 Å². The van der Waals surface area contributed by atoms with Crippen molar-refractivity contribution in [3.63, 3.8) is 0 Å². The molecular weight excluding hydrogens is 204 g/mol. The van der Waals surface area contributed by atoms with E-state index in [2.05, 4.69) is 11.8 Å². The van der Waals surface area contributed by atoms with Gasteiger partial charge in [-0.1, -0.05) is 30.0 Å². The van der Waals surface area contributed by atoms with E-state index in [1.165, 1.54) is 0 Å². The summed E-state index contributed by atoms with van der Waals surface area (Å²) in [5, 5.41) is 9.05. The topological polar surface area (TPSA) is 46.5 Å². The van der Waals surface area contributed by atoms with Crippen molar-refractivity contribution in [2.75, 3.05) is 6.61 Å². The highest BCUT2D eigenvalue weighted by Gasteiger charge is 1.98. The highest BCUT2D eigenvalue weighted by molar-refractivity contribution is 5.72. The molecule has 3 heteroatoms. The molecule has 0 aliphatic heterocycles. The maximum absolute atomic E-state index is 11.0. The molecule has 0 saturated carbocycles. The van der Waals surface area contributed by atoms with Gasteiger partial charge in [0.2, 0.25) is 0 Å². The van der Waals surface area contributed by atoms with Crippen LogP contribution in [0.4, 0.5) is 0 Å². The molecule has 0 aromatic heterocycles. The molecule has 0 spiro atoms. The lowest BCUT2D eigenvalue weighted by atomic mass is 10.1. The van der Waals surface area contributed by atoms with Gasteiger partial charge in [-0.3, -0.25) is 4.79 Å². The highest BCUT2D eigenvalue weighted by Crippen LogP contribution is 2.06. The maximum atomic E-state index is 11.0. The van der Waals surface area contributed by atoms with Gasteiger partial charge in [0.25, 0.3) is 0 Å². The van der Waals surface area contributed by atoms with Crippen LogP contribution in [0.3, 0.4) is 0 Å². The predicted molar refractivity (Wildman–Crippen MR) is 60.5 cm³/mol. The van der Waals surface area contributed by atoms with Gasteiger partial charge in [-0.25, -0.2) is 0 Å².